The topological polar surface area (TPSA) is 75.6 Å². The van der Waals surface area contributed by atoms with Crippen molar-refractivity contribution in [3.8, 4) is 5.75 Å². The smallest absolute Gasteiger partial charge is 0.310 e. The van der Waals surface area contributed by atoms with Gasteiger partial charge in [0, 0.05) is 12.1 Å². The zero-order valence-electron chi connectivity index (χ0n) is 13.6. The summed E-state index contributed by atoms with van der Waals surface area (Å²) in [6.45, 7) is 2.08. The monoisotopic (exact) mass is 327 g/mol. The normalized spacial score (nSPS) is 11.5. The number of anilines is 1. The number of carboxylic acids is 1. The maximum Gasteiger partial charge on any atom is 0.310 e. The fourth-order valence-electron chi connectivity index (χ4n) is 2.19. The Bertz CT molecular complexity index is 685. The number of benzene rings is 2. The van der Waals surface area contributed by atoms with E-state index in [1.165, 1.54) is 0 Å². The summed E-state index contributed by atoms with van der Waals surface area (Å²) in [6.07, 6.45) is 0.942. The molecule has 5 nitrogen and oxygen atoms in total. The first kappa shape index (κ1) is 17.5. The molecule has 0 aliphatic rings. The highest BCUT2D eigenvalue weighted by Gasteiger charge is 2.14. The minimum absolute atomic E-state index is 0.119. The number of hydrogen-bond acceptors (Lipinski definition) is 3. The fourth-order valence-corrected chi connectivity index (χ4v) is 2.19. The number of carboxylic acid groups (broad SMARTS) is 1. The highest BCUT2D eigenvalue weighted by atomic mass is 16.5. The Morgan fingerprint density at radius 1 is 1.12 bits per heavy atom. The molecule has 2 N–H and O–H groups in total. The molecule has 0 aromatic heterocycles. The second-order valence-electron chi connectivity index (χ2n) is 5.50. The molecule has 0 saturated carbocycles. The van der Waals surface area contributed by atoms with E-state index >= 15 is 0 Å². The van der Waals surface area contributed by atoms with Crippen LogP contribution in [0.2, 0.25) is 0 Å². The van der Waals surface area contributed by atoms with Gasteiger partial charge >= 0.3 is 5.97 Å². The number of carbonyl (C=O) groups excluding carboxylic acids is 1. The van der Waals surface area contributed by atoms with Gasteiger partial charge in [0.2, 0.25) is 5.91 Å². The summed E-state index contributed by atoms with van der Waals surface area (Å²) < 4.78 is 5.54. The standard InChI is InChI=1S/C19H21NO4/c1-14(19(22)23)15-7-5-8-16(13-15)20-18(21)11-6-12-24-17-9-3-2-4-10-17/h2-5,7-10,13-14H,6,11-12H2,1H3,(H,20,21)(H,22,23). The van der Waals surface area contributed by atoms with Crippen LogP contribution >= 0.6 is 0 Å². The van der Waals surface area contributed by atoms with Crippen molar-refractivity contribution >= 4 is 17.6 Å². The van der Waals surface area contributed by atoms with Gasteiger partial charge < -0.3 is 15.2 Å². The van der Waals surface area contributed by atoms with Crippen molar-refractivity contribution in [1.29, 1.82) is 0 Å². The lowest BCUT2D eigenvalue weighted by Crippen LogP contribution is -2.13. The zero-order chi connectivity index (χ0) is 17.4. The largest absolute Gasteiger partial charge is 0.494 e. The number of carbonyl (C=O) groups is 2. The molecule has 0 radical (unpaired) electrons. The first-order chi connectivity index (χ1) is 11.6. The van der Waals surface area contributed by atoms with E-state index in [0.717, 1.165) is 5.75 Å². The molecule has 2 rings (SSSR count). The minimum atomic E-state index is -0.892. The molecule has 0 fully saturated rings. The van der Waals surface area contributed by atoms with Gasteiger partial charge in [0.15, 0.2) is 0 Å². The molecule has 1 atom stereocenters. The Morgan fingerprint density at radius 3 is 2.58 bits per heavy atom. The number of hydrogen-bond donors (Lipinski definition) is 2. The summed E-state index contributed by atoms with van der Waals surface area (Å²) >= 11 is 0. The highest BCUT2D eigenvalue weighted by Crippen LogP contribution is 2.19. The van der Waals surface area contributed by atoms with Gasteiger partial charge in [-0.2, -0.15) is 0 Å². The average Bonchev–Trinajstić information content (AvgIpc) is 2.59. The Hall–Kier alpha value is -2.82. The molecule has 0 spiro atoms. The third-order valence-corrected chi connectivity index (χ3v) is 3.60. The lowest BCUT2D eigenvalue weighted by Gasteiger charge is -2.10. The number of rotatable bonds is 8. The van der Waals surface area contributed by atoms with Gasteiger partial charge in [0.1, 0.15) is 5.75 Å². The van der Waals surface area contributed by atoms with Crippen LogP contribution in [0.4, 0.5) is 5.69 Å². The van der Waals surface area contributed by atoms with Crippen LogP contribution in [0.3, 0.4) is 0 Å². The van der Waals surface area contributed by atoms with E-state index in [9.17, 15) is 9.59 Å². The molecule has 0 saturated heterocycles. The van der Waals surface area contributed by atoms with E-state index < -0.39 is 11.9 Å². The Kier molecular flexibility index (Phi) is 6.37. The van der Waals surface area contributed by atoms with Crippen LogP contribution < -0.4 is 10.1 Å². The van der Waals surface area contributed by atoms with E-state index in [-0.39, 0.29) is 5.91 Å². The van der Waals surface area contributed by atoms with Crippen LogP contribution in [-0.2, 0) is 9.59 Å². The molecule has 0 aliphatic carbocycles. The van der Waals surface area contributed by atoms with Crippen molar-refractivity contribution < 1.29 is 19.4 Å². The van der Waals surface area contributed by atoms with E-state index in [4.69, 9.17) is 9.84 Å². The number of nitrogens with one attached hydrogen (secondary N) is 1. The molecule has 1 amide bonds. The molecule has 2 aromatic rings. The number of amides is 1. The van der Waals surface area contributed by atoms with Gasteiger partial charge in [-0.1, -0.05) is 30.3 Å². The molecule has 0 bridgehead atoms. The van der Waals surface area contributed by atoms with E-state index in [1.807, 2.05) is 30.3 Å². The Labute approximate surface area is 141 Å². The van der Waals surface area contributed by atoms with Crippen LogP contribution in [0, 0.1) is 0 Å². The predicted octanol–water partition coefficient (Wildman–Crippen LogP) is 3.67. The second-order valence-corrected chi connectivity index (χ2v) is 5.50. The summed E-state index contributed by atoms with van der Waals surface area (Å²) in [5.74, 6) is -0.835. The molecule has 126 valence electrons. The van der Waals surface area contributed by atoms with Crippen LogP contribution in [0.25, 0.3) is 0 Å². The van der Waals surface area contributed by atoms with Crippen LogP contribution in [0.1, 0.15) is 31.2 Å². The molecule has 0 heterocycles. The molecule has 24 heavy (non-hydrogen) atoms. The van der Waals surface area contributed by atoms with Gasteiger partial charge in [-0.3, -0.25) is 9.59 Å². The molecular weight excluding hydrogens is 306 g/mol. The van der Waals surface area contributed by atoms with Gasteiger partial charge in [0.05, 0.1) is 12.5 Å². The fraction of sp³-hybridized carbons (Fsp3) is 0.263. The lowest BCUT2D eigenvalue weighted by molar-refractivity contribution is -0.138. The SMILES string of the molecule is CC(C(=O)O)c1cccc(NC(=O)CCCOc2ccccc2)c1. The van der Waals surface area contributed by atoms with Crippen molar-refractivity contribution in [2.75, 3.05) is 11.9 Å². The lowest BCUT2D eigenvalue weighted by atomic mass is 10.0. The van der Waals surface area contributed by atoms with Crippen molar-refractivity contribution in [3.63, 3.8) is 0 Å². The Balaban J connectivity index is 1.78. The third-order valence-electron chi connectivity index (χ3n) is 3.60. The number of ether oxygens (including phenoxy) is 1. The van der Waals surface area contributed by atoms with Crippen molar-refractivity contribution in [2.45, 2.75) is 25.7 Å². The summed E-state index contributed by atoms with van der Waals surface area (Å²) in [4.78, 5) is 23.0. The predicted molar refractivity (Wildman–Crippen MR) is 92.3 cm³/mol. The molecule has 2 aromatic carbocycles. The molecular formula is C19H21NO4. The number of aliphatic carboxylic acids is 1. The van der Waals surface area contributed by atoms with E-state index in [1.54, 1.807) is 31.2 Å². The highest BCUT2D eigenvalue weighted by molar-refractivity contribution is 5.91. The maximum absolute atomic E-state index is 12.0. The summed E-state index contributed by atoms with van der Waals surface area (Å²) in [5.41, 5.74) is 1.27. The van der Waals surface area contributed by atoms with E-state index in [0.29, 0.717) is 30.7 Å². The second kappa shape index (κ2) is 8.72. The summed E-state index contributed by atoms with van der Waals surface area (Å²) in [5, 5.41) is 11.8. The van der Waals surface area contributed by atoms with Gasteiger partial charge in [-0.15, -0.1) is 0 Å². The van der Waals surface area contributed by atoms with E-state index in [2.05, 4.69) is 5.32 Å². The van der Waals surface area contributed by atoms with Crippen molar-refractivity contribution in [2.24, 2.45) is 0 Å². The van der Waals surface area contributed by atoms with Crippen molar-refractivity contribution in [3.05, 3.63) is 60.2 Å². The summed E-state index contributed by atoms with van der Waals surface area (Å²) in [6, 6.07) is 16.4. The number of para-hydroxylation sites is 1. The van der Waals surface area contributed by atoms with Crippen LogP contribution in [0.15, 0.2) is 54.6 Å². The maximum atomic E-state index is 12.0. The van der Waals surface area contributed by atoms with Crippen molar-refractivity contribution in [1.82, 2.24) is 0 Å². The first-order valence-corrected chi connectivity index (χ1v) is 7.86. The van der Waals surface area contributed by atoms with Gasteiger partial charge in [0.25, 0.3) is 0 Å². The van der Waals surface area contributed by atoms with Gasteiger partial charge in [-0.25, -0.2) is 0 Å². The third kappa shape index (κ3) is 5.43. The molecule has 0 aliphatic heterocycles. The van der Waals surface area contributed by atoms with Crippen LogP contribution in [0.5, 0.6) is 5.75 Å². The molecule has 1 unspecified atom stereocenters. The minimum Gasteiger partial charge on any atom is -0.494 e. The summed E-state index contributed by atoms with van der Waals surface area (Å²) in [7, 11) is 0. The van der Waals surface area contributed by atoms with Crippen LogP contribution in [-0.4, -0.2) is 23.6 Å². The first-order valence-electron chi connectivity index (χ1n) is 7.86. The molecule has 5 heteroatoms. The van der Waals surface area contributed by atoms with Gasteiger partial charge in [-0.05, 0) is 43.2 Å². The zero-order valence-corrected chi connectivity index (χ0v) is 13.6. The quantitative estimate of drug-likeness (QED) is 0.725. The Morgan fingerprint density at radius 2 is 1.88 bits per heavy atom. The average molecular weight is 327 g/mol.